The number of esters is 1. The van der Waals surface area contributed by atoms with E-state index in [1.54, 1.807) is 13.8 Å². The number of carbonyl (C=O) groups excluding carboxylic acids is 1. The van der Waals surface area contributed by atoms with Crippen molar-refractivity contribution in [1.29, 1.82) is 0 Å². The Morgan fingerprint density at radius 1 is 1.48 bits per heavy atom. The number of carbonyl (C=O) groups is 2. The molecule has 1 heterocycles. The zero-order valence-electron chi connectivity index (χ0n) is 12.2. The quantitative estimate of drug-likeness (QED) is 0.768. The Kier molecular flexibility index (Phi) is 4.40. The maximum absolute atomic E-state index is 11.6. The van der Waals surface area contributed by atoms with Crippen LogP contribution in [0.15, 0.2) is 6.20 Å². The maximum Gasteiger partial charge on any atom is 0.341 e. The summed E-state index contributed by atoms with van der Waals surface area (Å²) in [5, 5.41) is 12.2. The standard InChI is InChI=1S/C14H19N3O4/c1-3-21-11(18)10-7-15-13(17-9(10)2)16-8-14(12(19)20)5-4-6-14/h7H,3-6,8H2,1-2H3,(H,19,20)(H,15,16,17). The number of aliphatic carboxylic acids is 1. The van der Waals surface area contributed by atoms with Gasteiger partial charge in [0, 0.05) is 12.7 Å². The smallest absolute Gasteiger partial charge is 0.341 e. The van der Waals surface area contributed by atoms with Gasteiger partial charge in [-0.15, -0.1) is 0 Å². The monoisotopic (exact) mass is 293 g/mol. The summed E-state index contributed by atoms with van der Waals surface area (Å²) in [6.07, 6.45) is 3.65. The fourth-order valence-corrected chi connectivity index (χ4v) is 2.28. The summed E-state index contributed by atoms with van der Waals surface area (Å²) >= 11 is 0. The molecule has 0 aliphatic heterocycles. The molecule has 1 saturated carbocycles. The summed E-state index contributed by atoms with van der Waals surface area (Å²) in [6, 6.07) is 0. The Hall–Kier alpha value is -2.18. The molecule has 21 heavy (non-hydrogen) atoms. The van der Waals surface area contributed by atoms with Gasteiger partial charge in [0.1, 0.15) is 0 Å². The van der Waals surface area contributed by atoms with Gasteiger partial charge in [0.25, 0.3) is 0 Å². The minimum Gasteiger partial charge on any atom is -0.481 e. The van der Waals surface area contributed by atoms with Crippen molar-refractivity contribution >= 4 is 17.9 Å². The molecule has 1 fully saturated rings. The Morgan fingerprint density at radius 3 is 2.67 bits per heavy atom. The van der Waals surface area contributed by atoms with Crippen molar-refractivity contribution in [1.82, 2.24) is 9.97 Å². The van der Waals surface area contributed by atoms with Gasteiger partial charge in [-0.25, -0.2) is 14.8 Å². The van der Waals surface area contributed by atoms with E-state index in [4.69, 9.17) is 4.74 Å². The topological polar surface area (TPSA) is 101 Å². The molecule has 0 amide bonds. The Balaban J connectivity index is 2.04. The molecule has 1 aromatic heterocycles. The second-order valence-corrected chi connectivity index (χ2v) is 5.21. The van der Waals surface area contributed by atoms with E-state index in [9.17, 15) is 14.7 Å². The number of hydrogen-bond donors (Lipinski definition) is 2. The average Bonchev–Trinajstić information content (AvgIpc) is 2.37. The third kappa shape index (κ3) is 3.12. The van der Waals surface area contributed by atoms with Gasteiger partial charge in [-0.3, -0.25) is 4.79 Å². The van der Waals surface area contributed by atoms with Gasteiger partial charge < -0.3 is 15.2 Å². The third-order valence-electron chi connectivity index (χ3n) is 3.82. The molecule has 1 aliphatic rings. The van der Waals surface area contributed by atoms with Gasteiger partial charge >= 0.3 is 11.9 Å². The van der Waals surface area contributed by atoms with E-state index < -0.39 is 17.4 Å². The molecule has 2 rings (SSSR count). The van der Waals surface area contributed by atoms with Crippen molar-refractivity contribution in [3.05, 3.63) is 17.5 Å². The molecule has 1 aliphatic carbocycles. The van der Waals surface area contributed by atoms with Gasteiger partial charge in [0.2, 0.25) is 5.95 Å². The number of ether oxygens (including phenoxy) is 1. The first-order valence-electron chi connectivity index (χ1n) is 6.96. The van der Waals surface area contributed by atoms with E-state index in [-0.39, 0.29) is 0 Å². The van der Waals surface area contributed by atoms with Crippen LogP contribution >= 0.6 is 0 Å². The molecule has 0 atom stereocenters. The minimum atomic E-state index is -0.791. The van der Waals surface area contributed by atoms with Crippen molar-refractivity contribution in [3.63, 3.8) is 0 Å². The van der Waals surface area contributed by atoms with Crippen LogP contribution < -0.4 is 5.32 Å². The highest BCUT2D eigenvalue weighted by atomic mass is 16.5. The highest BCUT2D eigenvalue weighted by molar-refractivity contribution is 5.90. The molecule has 7 heteroatoms. The summed E-state index contributed by atoms with van der Waals surface area (Å²) in [6.45, 7) is 4.00. The van der Waals surface area contributed by atoms with Crippen LogP contribution in [0.4, 0.5) is 5.95 Å². The van der Waals surface area contributed by atoms with Crippen molar-refractivity contribution < 1.29 is 19.4 Å². The predicted molar refractivity (Wildman–Crippen MR) is 75.1 cm³/mol. The van der Waals surface area contributed by atoms with Crippen molar-refractivity contribution in [2.24, 2.45) is 5.41 Å². The molecule has 114 valence electrons. The molecular weight excluding hydrogens is 274 g/mol. The number of rotatable bonds is 6. The second kappa shape index (κ2) is 6.07. The van der Waals surface area contributed by atoms with E-state index in [1.807, 2.05) is 0 Å². The molecule has 0 radical (unpaired) electrons. The summed E-state index contributed by atoms with van der Waals surface area (Å²) in [7, 11) is 0. The average molecular weight is 293 g/mol. The lowest BCUT2D eigenvalue weighted by atomic mass is 9.69. The van der Waals surface area contributed by atoms with Gasteiger partial charge in [-0.1, -0.05) is 6.42 Å². The molecule has 7 nitrogen and oxygen atoms in total. The first-order chi connectivity index (χ1) is 9.98. The number of aromatic nitrogens is 2. The molecule has 0 spiro atoms. The lowest BCUT2D eigenvalue weighted by Crippen LogP contribution is -2.43. The van der Waals surface area contributed by atoms with Crippen LogP contribution in [0.5, 0.6) is 0 Å². The Bertz CT molecular complexity index is 555. The molecule has 0 unspecified atom stereocenters. The molecule has 2 N–H and O–H groups in total. The lowest BCUT2D eigenvalue weighted by molar-refractivity contribution is -0.153. The van der Waals surface area contributed by atoms with Crippen LogP contribution in [-0.2, 0) is 9.53 Å². The van der Waals surface area contributed by atoms with Gasteiger partial charge in [0.05, 0.1) is 23.3 Å². The number of nitrogens with one attached hydrogen (secondary N) is 1. The molecule has 0 aromatic carbocycles. The highest BCUT2D eigenvalue weighted by Crippen LogP contribution is 2.41. The fourth-order valence-electron chi connectivity index (χ4n) is 2.28. The van der Waals surface area contributed by atoms with Crippen molar-refractivity contribution in [3.8, 4) is 0 Å². The van der Waals surface area contributed by atoms with Crippen LogP contribution in [0.1, 0.15) is 42.2 Å². The van der Waals surface area contributed by atoms with Crippen molar-refractivity contribution in [2.45, 2.75) is 33.1 Å². The summed E-state index contributed by atoms with van der Waals surface area (Å²) < 4.78 is 4.90. The first kappa shape index (κ1) is 15.2. The molecule has 0 saturated heterocycles. The normalized spacial score (nSPS) is 15.9. The van der Waals surface area contributed by atoms with Gasteiger partial charge in [-0.05, 0) is 26.7 Å². The number of hydrogen-bond acceptors (Lipinski definition) is 6. The van der Waals surface area contributed by atoms with E-state index in [2.05, 4.69) is 15.3 Å². The first-order valence-corrected chi connectivity index (χ1v) is 6.96. The second-order valence-electron chi connectivity index (χ2n) is 5.21. The van der Waals surface area contributed by atoms with Crippen LogP contribution in [0.3, 0.4) is 0 Å². The summed E-state index contributed by atoms with van der Waals surface area (Å²) in [4.78, 5) is 31.1. The Morgan fingerprint density at radius 2 is 2.19 bits per heavy atom. The molecule has 0 bridgehead atoms. The number of nitrogens with zero attached hydrogens (tertiary/aromatic N) is 2. The molecular formula is C14H19N3O4. The Labute approximate surface area is 122 Å². The van der Waals surface area contributed by atoms with E-state index in [0.29, 0.717) is 43.2 Å². The number of carboxylic acids is 1. The predicted octanol–water partition coefficient (Wildman–Crippen LogP) is 1.63. The van der Waals surface area contributed by atoms with Crippen LogP contribution in [0.2, 0.25) is 0 Å². The van der Waals surface area contributed by atoms with Gasteiger partial charge in [-0.2, -0.15) is 0 Å². The van der Waals surface area contributed by atoms with Gasteiger partial charge in [0.15, 0.2) is 0 Å². The number of carboxylic acid groups (broad SMARTS) is 1. The van der Waals surface area contributed by atoms with Crippen LogP contribution in [0.25, 0.3) is 0 Å². The SMILES string of the molecule is CCOC(=O)c1cnc(NCC2(C(=O)O)CCC2)nc1C. The lowest BCUT2D eigenvalue weighted by Gasteiger charge is -2.37. The zero-order chi connectivity index (χ0) is 15.5. The maximum atomic E-state index is 11.6. The van der Waals surface area contributed by atoms with Crippen LogP contribution in [0, 0.1) is 12.3 Å². The summed E-state index contributed by atoms with van der Waals surface area (Å²) in [5.41, 5.74) is 0.111. The number of anilines is 1. The van der Waals surface area contributed by atoms with E-state index in [1.165, 1.54) is 6.20 Å². The van der Waals surface area contributed by atoms with Crippen molar-refractivity contribution in [2.75, 3.05) is 18.5 Å². The fraction of sp³-hybridized carbons (Fsp3) is 0.571. The van der Waals surface area contributed by atoms with Crippen LogP contribution in [-0.4, -0.2) is 40.2 Å². The van der Waals surface area contributed by atoms with E-state index >= 15 is 0 Å². The summed E-state index contributed by atoms with van der Waals surface area (Å²) in [5.74, 6) is -0.920. The zero-order valence-corrected chi connectivity index (χ0v) is 12.2. The highest BCUT2D eigenvalue weighted by Gasteiger charge is 2.44. The molecule has 1 aromatic rings. The third-order valence-corrected chi connectivity index (χ3v) is 3.82. The van der Waals surface area contributed by atoms with E-state index in [0.717, 1.165) is 6.42 Å². The minimum absolute atomic E-state index is 0.291. The number of aryl methyl sites for hydroxylation is 1. The largest absolute Gasteiger partial charge is 0.481 e.